The van der Waals surface area contributed by atoms with Crippen LogP contribution in [-0.4, -0.2) is 238 Å². The Balaban J connectivity index is 0.000000213. The van der Waals surface area contributed by atoms with Gasteiger partial charge in [0.05, 0.1) is 116 Å². The number of carbonyl (C=O) groups excluding carboxylic acids is 3. The number of halogens is 11. The summed E-state index contributed by atoms with van der Waals surface area (Å²) in [5.41, 5.74) is 11.0. The SMILES string of the molecule is C=CC(=O)Nc1cc(Nc2nccc(Nc3cc(Cl)c(F)cc3C(C)(C)O)n2)c(OC)cc1N1C[C@@H]2CN(C)C[C@@H]21.CC#N.CCN(CC)CC.COc1cc(N2C[C@@H]3CN(C)C[C@@H]32)c(N)cc1Nc1nccc(Nc2cc(Cl)c(F)cc2C(C)(C)O)n1.COc1cc(N2C[C@@H]3CN(C)C[C@@H]32)c(NC(=O)CCCl)cc1Nc1nccc(Nc2cc(Cl)c(F)cc2C(C)(C)O)n1.ClCCl.O=C(Cl)CCCl. The Morgan fingerprint density at radius 3 is 1.08 bits per heavy atom. The Labute approximate surface area is 850 Å². The van der Waals surface area contributed by atoms with Crippen LogP contribution in [0.5, 0.6) is 17.2 Å². The van der Waals surface area contributed by atoms with Crippen molar-refractivity contribution >= 4 is 213 Å². The maximum absolute atomic E-state index is 14.2. The van der Waals surface area contributed by atoms with Crippen molar-refractivity contribution in [3.05, 3.63) is 171 Å². The lowest BCUT2D eigenvalue weighted by Crippen LogP contribution is -2.56. The molecule has 43 heteroatoms. The highest BCUT2D eigenvalue weighted by Gasteiger charge is 2.48. The minimum absolute atomic E-state index is 0.0685. The van der Waals surface area contributed by atoms with Gasteiger partial charge in [-0.3, -0.25) is 14.4 Å². The fourth-order valence-corrected chi connectivity index (χ4v) is 17.8. The average Bonchev–Trinajstić information content (AvgIpc) is 1.53. The second kappa shape index (κ2) is 51.4. The minimum atomic E-state index is -1.34. The van der Waals surface area contributed by atoms with Crippen LogP contribution in [0.3, 0.4) is 0 Å². The summed E-state index contributed by atoms with van der Waals surface area (Å²) in [6.45, 7) is 33.4. The van der Waals surface area contributed by atoms with E-state index in [4.69, 9.17) is 118 Å². The number of nitrogens with two attached hydrogens (primary N) is 1. The number of methoxy groups -OCH3 is 3. The van der Waals surface area contributed by atoms with Crippen LogP contribution in [0, 0.1) is 46.5 Å². The molecule has 6 aliphatic rings. The number of alkyl halides is 4. The van der Waals surface area contributed by atoms with Crippen LogP contribution in [0.15, 0.2) is 122 Å². The van der Waals surface area contributed by atoms with E-state index in [1.807, 2.05) is 30.3 Å². The maximum Gasteiger partial charge on any atom is 0.247 e. The standard InChI is InChI=1S/C29H34Cl2FN7O3.C29H33ClFN7O3.C26H31ClFN7O2.C6H15N.C3H4Cl2O.C2H3N.CH2Cl2/c1-29(2,41)17-9-19(32)18(31)10-20(17)34-26-6-8-33-28(37-26)36-22-11-21(35-27(40)5-7-30)23(12-25(22)42-4)39-14-16-13-38(3)15-24(16)39;1-6-27(39)34-21-11-22(25(41-5)12-23(21)38-14-16-13-37(4)15-24(16)38)35-28-32-8-7-26(36-28)33-20-10-18(30)19(31)9-17(20)29(2,3)40;1-26(2,36)15-7-17(28)16(27)8-19(15)31-24-5-6-30-25(33-24)32-20-9-18(29)21(10-23(20)37-4)35-12-14-11-34(3)13-22(14)35;1-4-7(5-2)6-3;4-2-1-3(5)6;1-2-3;2-1-3/h6,8-12,16,24,41H,5,7,13-15H2,1-4H3,(H,35,40)(H2,33,34,36,37);6-12,16,24,40H,1,13-15H2,2-5H3,(H,34,39)(H2,32,33,35,36);5-10,14,22,36H,11-13,29H2,1-4H3,(H2,30,31,32,33);4-6H2,1-3H3;1-2H2;1H3;1H2/t2*16-,24-;14-,22-;;;;/m000..../s1. The molecule has 3 aromatic heterocycles. The molecule has 6 fully saturated rings. The molecular formula is C96H122Cl8F3N23O9. The van der Waals surface area contributed by atoms with Gasteiger partial charge in [-0.15, -0.1) is 46.4 Å². The number of likely N-dealkylation sites (N-methyl/N-ethyl adjacent to an activating group) is 3. The van der Waals surface area contributed by atoms with E-state index < -0.39 is 34.3 Å². The summed E-state index contributed by atoms with van der Waals surface area (Å²) in [5, 5.41) is 63.4. The maximum atomic E-state index is 14.2. The Bertz CT molecular complexity index is 5760. The molecule has 6 aliphatic heterocycles. The number of hydrogen-bond donors (Lipinski definition) is 12. The van der Waals surface area contributed by atoms with Crippen molar-refractivity contribution in [1.82, 2.24) is 49.5 Å². The number of aromatic nitrogens is 6. The van der Waals surface area contributed by atoms with Crippen LogP contribution in [0.25, 0.3) is 0 Å². The number of rotatable bonds is 31. The lowest BCUT2D eigenvalue weighted by molar-refractivity contribution is -0.116. The number of likely N-dealkylation sites (tertiary alicyclic amines) is 3. The van der Waals surface area contributed by atoms with Crippen LogP contribution in [0.1, 0.15) is 98.8 Å². The highest BCUT2D eigenvalue weighted by molar-refractivity contribution is 6.63. The number of nitrogens with one attached hydrogen (secondary N) is 8. The van der Waals surface area contributed by atoms with Gasteiger partial charge in [0, 0.05) is 197 Å². The van der Waals surface area contributed by atoms with Gasteiger partial charge in [-0.1, -0.05) is 62.2 Å². The molecule has 15 rings (SSSR count). The normalized spacial score (nSPS) is 17.2. The molecule has 0 spiro atoms. The van der Waals surface area contributed by atoms with E-state index in [9.17, 15) is 42.9 Å². The Morgan fingerprint density at radius 1 is 0.496 bits per heavy atom. The van der Waals surface area contributed by atoms with E-state index in [1.165, 1.54) is 69.0 Å². The molecule has 9 heterocycles. The second-order valence-corrected chi connectivity index (χ2v) is 38.1. The van der Waals surface area contributed by atoms with Crippen molar-refractivity contribution in [1.29, 1.82) is 5.26 Å². The van der Waals surface area contributed by atoms with Crippen molar-refractivity contribution in [2.24, 2.45) is 17.8 Å². The predicted molar refractivity (Wildman–Crippen MR) is 556 cm³/mol. The summed E-state index contributed by atoms with van der Waals surface area (Å²) in [4.78, 5) is 77.5. The number of fused-ring (bicyclic) bond motifs is 3. The monoisotopic (exact) mass is 2080 g/mol. The number of amides is 2. The lowest BCUT2D eigenvalue weighted by atomic mass is 9.90. The van der Waals surface area contributed by atoms with Gasteiger partial charge in [-0.2, -0.15) is 20.2 Å². The van der Waals surface area contributed by atoms with Crippen molar-refractivity contribution in [2.75, 3.05) is 201 Å². The molecule has 139 heavy (non-hydrogen) atoms. The number of nitrogens with zero attached hydrogens (tertiary/aromatic N) is 14. The van der Waals surface area contributed by atoms with Crippen molar-refractivity contribution < 1.29 is 57.1 Å². The van der Waals surface area contributed by atoms with Gasteiger partial charge >= 0.3 is 0 Å². The van der Waals surface area contributed by atoms with Gasteiger partial charge in [-0.25, -0.2) is 28.1 Å². The zero-order valence-corrected chi connectivity index (χ0v) is 86.5. The smallest absolute Gasteiger partial charge is 0.247 e. The zero-order chi connectivity index (χ0) is 102. The molecule has 2 amide bonds. The van der Waals surface area contributed by atoms with Gasteiger partial charge in [0.15, 0.2) is 0 Å². The third-order valence-corrected chi connectivity index (χ3v) is 24.9. The number of carbonyl (C=O) groups is 3. The Kier molecular flexibility index (Phi) is 41.5. The largest absolute Gasteiger partial charge is 0.494 e. The first-order chi connectivity index (χ1) is 65.9. The van der Waals surface area contributed by atoms with Crippen molar-refractivity contribution in [3.63, 3.8) is 0 Å². The second-order valence-electron chi connectivity index (χ2n) is 34.9. The highest BCUT2D eigenvalue weighted by atomic mass is 35.5. The molecule has 0 aliphatic carbocycles. The van der Waals surface area contributed by atoms with Gasteiger partial charge in [0.2, 0.25) is 34.9 Å². The summed E-state index contributed by atoms with van der Waals surface area (Å²) in [5.74, 6) is 3.64. The Hall–Kier alpha value is -10.4. The third kappa shape index (κ3) is 30.3. The van der Waals surface area contributed by atoms with Crippen LogP contribution in [0.4, 0.5) is 117 Å². The van der Waals surface area contributed by atoms with E-state index in [0.717, 1.165) is 76.0 Å². The number of benzene rings is 6. The van der Waals surface area contributed by atoms with E-state index in [-0.39, 0.29) is 68.1 Å². The molecule has 6 saturated heterocycles. The lowest BCUT2D eigenvalue weighted by Gasteiger charge is -2.46. The number of hydrogen-bond acceptors (Lipinski definition) is 30. The summed E-state index contributed by atoms with van der Waals surface area (Å²) in [6.07, 6.45) is 6.35. The quantitative estimate of drug-likeness (QED) is 0.00831. The summed E-state index contributed by atoms with van der Waals surface area (Å²) >= 11 is 43.4. The summed E-state index contributed by atoms with van der Waals surface area (Å²) < 4.78 is 59.6. The summed E-state index contributed by atoms with van der Waals surface area (Å²) in [6, 6.07) is 26.9. The molecule has 32 nitrogen and oxygen atoms in total. The van der Waals surface area contributed by atoms with E-state index in [1.54, 1.807) is 112 Å². The molecule has 0 bridgehead atoms. The number of nitrogen functional groups attached to an aromatic ring is 1. The van der Waals surface area contributed by atoms with E-state index in [0.29, 0.717) is 150 Å². The predicted octanol–water partition coefficient (Wildman–Crippen LogP) is 19.2. The molecular weight excluding hydrogens is 1960 g/mol. The number of anilines is 18. The first-order valence-electron chi connectivity index (χ1n) is 44.6. The fraction of sp³-hybridized carbons (Fsp3) is 0.438. The molecule has 752 valence electrons. The number of nitriles is 1. The van der Waals surface area contributed by atoms with Crippen LogP contribution >= 0.6 is 92.8 Å². The number of aliphatic hydroxyl groups is 3. The topological polar surface area (TPSA) is 386 Å². The molecule has 13 N–H and O–H groups in total. The van der Waals surface area contributed by atoms with Gasteiger partial charge in [0.1, 0.15) is 52.2 Å². The first-order valence-corrected chi connectivity index (χ1v) is 48.3. The summed E-state index contributed by atoms with van der Waals surface area (Å²) in [7, 11) is 11.1. The molecule has 6 aromatic carbocycles. The van der Waals surface area contributed by atoms with Crippen molar-refractivity contribution in [3.8, 4) is 23.3 Å². The first kappa shape index (κ1) is 112. The zero-order valence-electron chi connectivity index (χ0n) is 80.4. The fourth-order valence-electron chi connectivity index (χ4n) is 16.8. The molecule has 6 atom stereocenters. The molecule has 0 saturated carbocycles. The minimum Gasteiger partial charge on any atom is -0.494 e. The van der Waals surface area contributed by atoms with Crippen LogP contribution in [0.2, 0.25) is 15.1 Å². The Morgan fingerprint density at radius 2 is 0.806 bits per heavy atom. The van der Waals surface area contributed by atoms with E-state index in [2.05, 4.69) is 155 Å². The number of ether oxygens (including phenoxy) is 3. The molecule has 0 radical (unpaired) electrons. The van der Waals surface area contributed by atoms with Crippen LogP contribution in [-0.2, 0) is 31.2 Å². The van der Waals surface area contributed by atoms with E-state index >= 15 is 0 Å². The van der Waals surface area contributed by atoms with Crippen molar-refractivity contribution in [2.45, 2.75) is 117 Å². The molecule has 0 unspecified atom stereocenters. The van der Waals surface area contributed by atoms with Gasteiger partial charge < -0.3 is 112 Å². The van der Waals surface area contributed by atoms with Crippen LogP contribution < -0.4 is 77.2 Å². The average molecular weight is 2080 g/mol. The van der Waals surface area contributed by atoms with Gasteiger partial charge in [-0.05, 0) is 173 Å². The highest BCUT2D eigenvalue weighted by Crippen LogP contribution is 2.49. The van der Waals surface area contributed by atoms with Gasteiger partial charge in [0.25, 0.3) is 0 Å². The molecule has 9 aromatic rings. The third-order valence-electron chi connectivity index (χ3n) is 23.5.